The van der Waals surface area contributed by atoms with Gasteiger partial charge in [-0.15, -0.1) is 0 Å². The van der Waals surface area contributed by atoms with E-state index in [1.807, 2.05) is 0 Å². The highest BCUT2D eigenvalue weighted by molar-refractivity contribution is 5.97. The molecule has 1 aromatic carbocycles. The minimum absolute atomic E-state index is 0.152. The van der Waals surface area contributed by atoms with Crippen LogP contribution in [0.15, 0.2) is 24.3 Å². The average molecular weight is 246 g/mol. The zero-order chi connectivity index (χ0) is 12.8. The normalized spacial score (nSPS) is 17.3. The molecule has 0 radical (unpaired) electrons. The van der Waals surface area contributed by atoms with Crippen LogP contribution in [0, 0.1) is 0 Å². The second-order valence-electron chi connectivity index (χ2n) is 5.11. The summed E-state index contributed by atoms with van der Waals surface area (Å²) in [6.07, 6.45) is 7.65. The van der Waals surface area contributed by atoms with Gasteiger partial charge in [0, 0.05) is 17.3 Å². The van der Waals surface area contributed by atoms with E-state index in [1.165, 1.54) is 38.5 Å². The van der Waals surface area contributed by atoms with Gasteiger partial charge in [0.05, 0.1) is 6.54 Å². The van der Waals surface area contributed by atoms with E-state index in [4.69, 9.17) is 5.73 Å². The van der Waals surface area contributed by atoms with Crippen molar-refractivity contribution in [3.8, 4) is 0 Å². The molecule has 1 aliphatic carbocycles. The Bertz CT molecular complexity index is 378. The molecule has 0 bridgehead atoms. The van der Waals surface area contributed by atoms with Gasteiger partial charge >= 0.3 is 0 Å². The van der Waals surface area contributed by atoms with Crippen molar-refractivity contribution in [3.63, 3.8) is 0 Å². The van der Waals surface area contributed by atoms with Crippen LogP contribution in [-0.2, 0) is 0 Å². The monoisotopic (exact) mass is 246 g/mol. The lowest BCUT2D eigenvalue weighted by Gasteiger charge is -2.15. The predicted octanol–water partition coefficient (Wildman–Crippen LogP) is 2.76. The van der Waals surface area contributed by atoms with Gasteiger partial charge in [-0.05, 0) is 37.1 Å². The van der Waals surface area contributed by atoms with E-state index in [2.05, 4.69) is 5.32 Å². The third-order valence-electron chi connectivity index (χ3n) is 3.64. The number of nitrogens with two attached hydrogens (primary N) is 1. The molecule has 1 aliphatic rings. The SMILES string of the molecule is Nc1ccc(C(=O)CNC2CCCCCC2)cc1. The summed E-state index contributed by atoms with van der Waals surface area (Å²) < 4.78 is 0. The van der Waals surface area contributed by atoms with Crippen LogP contribution >= 0.6 is 0 Å². The van der Waals surface area contributed by atoms with Crippen LogP contribution in [0.1, 0.15) is 48.9 Å². The highest BCUT2D eigenvalue weighted by Gasteiger charge is 2.13. The van der Waals surface area contributed by atoms with Gasteiger partial charge in [0.1, 0.15) is 0 Å². The van der Waals surface area contributed by atoms with E-state index in [0.29, 0.717) is 18.3 Å². The fraction of sp³-hybridized carbons (Fsp3) is 0.533. The van der Waals surface area contributed by atoms with Gasteiger partial charge < -0.3 is 11.1 Å². The lowest BCUT2D eigenvalue weighted by Crippen LogP contribution is -2.33. The summed E-state index contributed by atoms with van der Waals surface area (Å²) in [5.41, 5.74) is 7.05. The molecular formula is C15H22N2O. The number of carbonyl (C=O) groups is 1. The van der Waals surface area contributed by atoms with Gasteiger partial charge in [-0.1, -0.05) is 25.7 Å². The summed E-state index contributed by atoms with van der Waals surface area (Å²) in [7, 11) is 0. The third kappa shape index (κ3) is 3.84. The van der Waals surface area contributed by atoms with Crippen molar-refractivity contribution in [1.82, 2.24) is 5.32 Å². The van der Waals surface area contributed by atoms with Crippen molar-refractivity contribution in [2.75, 3.05) is 12.3 Å². The molecule has 3 heteroatoms. The van der Waals surface area contributed by atoms with Gasteiger partial charge in [-0.3, -0.25) is 4.79 Å². The van der Waals surface area contributed by atoms with E-state index in [9.17, 15) is 4.79 Å². The van der Waals surface area contributed by atoms with Gasteiger partial charge in [0.15, 0.2) is 5.78 Å². The topological polar surface area (TPSA) is 55.1 Å². The van der Waals surface area contributed by atoms with Crippen molar-refractivity contribution >= 4 is 11.5 Å². The molecule has 18 heavy (non-hydrogen) atoms. The number of nitrogen functional groups attached to an aromatic ring is 1. The van der Waals surface area contributed by atoms with Gasteiger partial charge in [0.2, 0.25) is 0 Å². The molecule has 1 saturated carbocycles. The zero-order valence-electron chi connectivity index (χ0n) is 10.8. The molecule has 0 amide bonds. The molecule has 0 atom stereocenters. The lowest BCUT2D eigenvalue weighted by atomic mass is 10.1. The molecule has 0 spiro atoms. The number of anilines is 1. The van der Waals surface area contributed by atoms with Crippen molar-refractivity contribution in [1.29, 1.82) is 0 Å². The molecule has 2 rings (SSSR count). The van der Waals surface area contributed by atoms with Crippen LogP contribution < -0.4 is 11.1 Å². The minimum Gasteiger partial charge on any atom is -0.399 e. The van der Waals surface area contributed by atoms with Crippen LogP contribution in [0.5, 0.6) is 0 Å². The minimum atomic E-state index is 0.152. The van der Waals surface area contributed by atoms with E-state index in [1.54, 1.807) is 24.3 Å². The molecule has 1 fully saturated rings. The van der Waals surface area contributed by atoms with Crippen LogP contribution in [0.2, 0.25) is 0 Å². The van der Waals surface area contributed by atoms with E-state index >= 15 is 0 Å². The maximum absolute atomic E-state index is 12.0. The molecule has 3 nitrogen and oxygen atoms in total. The Labute approximate surface area is 109 Å². The number of Topliss-reactive ketones (excluding diaryl/α,β-unsaturated/α-hetero) is 1. The number of nitrogens with one attached hydrogen (secondary N) is 1. The Morgan fingerprint density at radius 1 is 1.11 bits per heavy atom. The van der Waals surface area contributed by atoms with E-state index < -0.39 is 0 Å². The van der Waals surface area contributed by atoms with Crippen molar-refractivity contribution < 1.29 is 4.79 Å². The fourth-order valence-corrected chi connectivity index (χ4v) is 2.49. The van der Waals surface area contributed by atoms with Crippen LogP contribution in [0.3, 0.4) is 0 Å². The first kappa shape index (κ1) is 13.1. The first-order chi connectivity index (χ1) is 8.75. The van der Waals surface area contributed by atoms with E-state index in [0.717, 1.165) is 5.56 Å². The summed E-state index contributed by atoms with van der Waals surface area (Å²) in [4.78, 5) is 12.0. The quantitative estimate of drug-likeness (QED) is 0.488. The largest absolute Gasteiger partial charge is 0.399 e. The third-order valence-corrected chi connectivity index (χ3v) is 3.64. The lowest BCUT2D eigenvalue weighted by molar-refractivity contribution is 0.0986. The van der Waals surface area contributed by atoms with Gasteiger partial charge in [-0.25, -0.2) is 0 Å². The summed E-state index contributed by atoms with van der Waals surface area (Å²) in [6.45, 7) is 0.439. The molecule has 0 saturated heterocycles. The van der Waals surface area contributed by atoms with Crippen LogP contribution in [-0.4, -0.2) is 18.4 Å². The second kappa shape index (κ2) is 6.55. The maximum Gasteiger partial charge on any atom is 0.176 e. The molecule has 0 aliphatic heterocycles. The Morgan fingerprint density at radius 2 is 1.72 bits per heavy atom. The van der Waals surface area contributed by atoms with Crippen molar-refractivity contribution in [2.24, 2.45) is 0 Å². The number of rotatable bonds is 4. The molecule has 1 aromatic rings. The van der Waals surface area contributed by atoms with Crippen LogP contribution in [0.4, 0.5) is 5.69 Å². The molecule has 0 unspecified atom stereocenters. The smallest absolute Gasteiger partial charge is 0.176 e. The fourth-order valence-electron chi connectivity index (χ4n) is 2.49. The first-order valence-electron chi connectivity index (χ1n) is 6.88. The summed E-state index contributed by atoms with van der Waals surface area (Å²) in [6, 6.07) is 7.67. The summed E-state index contributed by atoms with van der Waals surface area (Å²) >= 11 is 0. The number of hydrogen-bond donors (Lipinski definition) is 2. The average Bonchev–Trinajstić information content (AvgIpc) is 2.65. The van der Waals surface area contributed by atoms with Crippen molar-refractivity contribution in [3.05, 3.63) is 29.8 Å². The summed E-state index contributed by atoms with van der Waals surface area (Å²) in [5, 5.41) is 3.39. The van der Waals surface area contributed by atoms with E-state index in [-0.39, 0.29) is 5.78 Å². The number of ketones is 1. The van der Waals surface area contributed by atoms with Crippen molar-refractivity contribution in [2.45, 2.75) is 44.6 Å². The number of carbonyl (C=O) groups excluding carboxylic acids is 1. The second-order valence-corrected chi connectivity index (χ2v) is 5.11. The maximum atomic E-state index is 12.0. The number of hydrogen-bond acceptors (Lipinski definition) is 3. The van der Waals surface area contributed by atoms with Gasteiger partial charge in [0.25, 0.3) is 0 Å². The Balaban J connectivity index is 1.82. The highest BCUT2D eigenvalue weighted by atomic mass is 16.1. The molecule has 98 valence electrons. The van der Waals surface area contributed by atoms with Crippen LogP contribution in [0.25, 0.3) is 0 Å². The predicted molar refractivity (Wildman–Crippen MR) is 74.7 cm³/mol. The Hall–Kier alpha value is -1.35. The highest BCUT2D eigenvalue weighted by Crippen LogP contribution is 2.17. The zero-order valence-corrected chi connectivity index (χ0v) is 10.8. The Kier molecular flexibility index (Phi) is 4.76. The Morgan fingerprint density at radius 3 is 2.33 bits per heavy atom. The molecule has 3 N–H and O–H groups in total. The molecule has 0 heterocycles. The summed E-state index contributed by atoms with van der Waals surface area (Å²) in [5.74, 6) is 0.152. The first-order valence-corrected chi connectivity index (χ1v) is 6.88. The van der Waals surface area contributed by atoms with Gasteiger partial charge in [-0.2, -0.15) is 0 Å². The number of benzene rings is 1. The molecular weight excluding hydrogens is 224 g/mol. The standard InChI is InChI=1S/C15H22N2O/c16-13-9-7-12(8-10-13)15(18)11-17-14-5-3-1-2-4-6-14/h7-10,14,17H,1-6,11,16H2. The molecule has 0 aromatic heterocycles.